The summed E-state index contributed by atoms with van der Waals surface area (Å²) in [6, 6.07) is 12.5. The molecule has 0 saturated heterocycles. The molecule has 1 N–H and O–H groups in total. The first-order valence-electron chi connectivity index (χ1n) is 9.57. The average Bonchev–Trinajstić information content (AvgIpc) is 3.29. The Labute approximate surface area is 185 Å². The summed E-state index contributed by atoms with van der Waals surface area (Å²) >= 11 is 1.39. The van der Waals surface area contributed by atoms with Crippen LogP contribution < -0.4 is 14.8 Å². The first-order chi connectivity index (χ1) is 14.9. The number of thiazole rings is 1. The lowest BCUT2D eigenvalue weighted by Crippen LogP contribution is -2.30. The maximum atomic E-state index is 12.9. The van der Waals surface area contributed by atoms with Crippen molar-refractivity contribution in [3.8, 4) is 22.1 Å². The minimum Gasteiger partial charge on any atom is -0.493 e. The zero-order valence-corrected chi connectivity index (χ0v) is 18.6. The van der Waals surface area contributed by atoms with Crippen molar-refractivity contribution in [3.63, 3.8) is 0 Å². The van der Waals surface area contributed by atoms with Gasteiger partial charge in [-0.05, 0) is 24.6 Å². The second-order valence-electron chi connectivity index (χ2n) is 6.82. The molecule has 1 aromatic heterocycles. The molecule has 0 aliphatic heterocycles. The number of hydrogen-bond donors (Lipinski definition) is 1. The van der Waals surface area contributed by atoms with Gasteiger partial charge in [0.05, 0.1) is 33.8 Å². The van der Waals surface area contributed by atoms with E-state index >= 15 is 0 Å². The van der Waals surface area contributed by atoms with Crippen molar-refractivity contribution >= 4 is 23.2 Å². The third-order valence-corrected chi connectivity index (χ3v) is 5.64. The molecule has 3 rings (SSSR count). The molecule has 0 radical (unpaired) electrons. The highest BCUT2D eigenvalue weighted by Crippen LogP contribution is 2.31. The van der Waals surface area contributed by atoms with Crippen molar-refractivity contribution in [1.82, 2.24) is 10.3 Å². The van der Waals surface area contributed by atoms with Crippen LogP contribution in [0, 0.1) is 6.92 Å². The van der Waals surface area contributed by atoms with Crippen molar-refractivity contribution in [1.29, 1.82) is 0 Å². The fourth-order valence-electron chi connectivity index (χ4n) is 3.01. The van der Waals surface area contributed by atoms with Gasteiger partial charge in [-0.1, -0.05) is 35.9 Å². The Kier molecular flexibility index (Phi) is 7.25. The fraction of sp³-hybridized carbons (Fsp3) is 0.261. The molecule has 0 aliphatic rings. The molecule has 0 saturated carbocycles. The molecule has 2 aromatic carbocycles. The predicted octanol–water partition coefficient (Wildman–Crippen LogP) is 4.17. The molecule has 1 heterocycles. The van der Waals surface area contributed by atoms with Crippen LogP contribution in [-0.2, 0) is 9.53 Å². The van der Waals surface area contributed by atoms with Crippen LogP contribution in [-0.4, -0.2) is 38.2 Å². The molecular weight excluding hydrogens is 416 g/mol. The summed E-state index contributed by atoms with van der Waals surface area (Å²) in [5.74, 6) is 0.230. The Morgan fingerprint density at radius 1 is 1.03 bits per heavy atom. The van der Waals surface area contributed by atoms with Crippen molar-refractivity contribution in [2.45, 2.75) is 19.4 Å². The highest BCUT2D eigenvalue weighted by molar-refractivity contribution is 7.13. The van der Waals surface area contributed by atoms with Crippen molar-refractivity contribution in [3.05, 3.63) is 64.7 Å². The number of carbonyl (C=O) groups is 2. The molecular formula is C23H24N2O5S. The second kappa shape index (κ2) is 10.1. The summed E-state index contributed by atoms with van der Waals surface area (Å²) in [7, 11) is 4.38. The van der Waals surface area contributed by atoms with Crippen molar-refractivity contribution in [2.75, 3.05) is 21.3 Å². The van der Waals surface area contributed by atoms with Crippen molar-refractivity contribution in [2.24, 2.45) is 0 Å². The molecule has 0 aliphatic carbocycles. The minimum atomic E-state index is -0.621. The van der Waals surface area contributed by atoms with Crippen LogP contribution in [0.15, 0.2) is 47.8 Å². The Bertz CT molecular complexity index is 1060. The number of amides is 1. The minimum absolute atomic E-state index is 0.0350. The molecule has 0 spiro atoms. The molecule has 1 amide bonds. The number of aromatic nitrogens is 1. The second-order valence-corrected chi connectivity index (χ2v) is 7.68. The van der Waals surface area contributed by atoms with E-state index in [4.69, 9.17) is 14.2 Å². The van der Waals surface area contributed by atoms with Gasteiger partial charge in [0, 0.05) is 10.9 Å². The van der Waals surface area contributed by atoms with Gasteiger partial charge in [-0.25, -0.2) is 4.98 Å². The Balaban J connectivity index is 1.84. The maximum absolute atomic E-state index is 12.9. The molecule has 31 heavy (non-hydrogen) atoms. The summed E-state index contributed by atoms with van der Waals surface area (Å²) in [5.41, 5.74) is 3.07. The van der Waals surface area contributed by atoms with Gasteiger partial charge in [0.15, 0.2) is 11.5 Å². The van der Waals surface area contributed by atoms with E-state index in [1.807, 2.05) is 31.2 Å². The monoisotopic (exact) mass is 440 g/mol. The first kappa shape index (κ1) is 22.3. The van der Waals surface area contributed by atoms with Crippen LogP contribution in [0.2, 0.25) is 0 Å². The number of ether oxygens (including phenoxy) is 3. The predicted molar refractivity (Wildman–Crippen MR) is 119 cm³/mol. The number of aryl methyl sites for hydroxylation is 1. The third-order valence-electron chi connectivity index (χ3n) is 4.75. The van der Waals surface area contributed by atoms with Crippen LogP contribution in [0.5, 0.6) is 11.5 Å². The van der Waals surface area contributed by atoms with E-state index in [1.165, 1.54) is 25.6 Å². The van der Waals surface area contributed by atoms with Crippen LogP contribution in [0.25, 0.3) is 10.6 Å². The number of nitrogens with one attached hydrogen (secondary N) is 1. The Hall–Kier alpha value is -3.39. The van der Waals surface area contributed by atoms with Gasteiger partial charge in [0.2, 0.25) is 0 Å². The smallest absolute Gasteiger partial charge is 0.307 e. The van der Waals surface area contributed by atoms with Gasteiger partial charge in [0.25, 0.3) is 5.91 Å². The Morgan fingerprint density at radius 2 is 1.74 bits per heavy atom. The molecule has 8 heteroatoms. The normalized spacial score (nSPS) is 11.5. The standard InChI is InChI=1S/C23H24N2O5S/c1-14-5-7-15(8-6-14)23-25-18(13-31-23)22(27)24-17(12-21(26)30-4)16-9-10-19(28-2)20(11-16)29-3/h5-11,13,17H,12H2,1-4H3,(H,24,27). The summed E-state index contributed by atoms with van der Waals surface area (Å²) in [6.07, 6.45) is -0.0350. The summed E-state index contributed by atoms with van der Waals surface area (Å²) < 4.78 is 15.4. The van der Waals surface area contributed by atoms with Gasteiger partial charge >= 0.3 is 5.97 Å². The lowest BCUT2D eigenvalue weighted by Gasteiger charge is -2.19. The average molecular weight is 441 g/mol. The zero-order chi connectivity index (χ0) is 22.4. The summed E-state index contributed by atoms with van der Waals surface area (Å²) in [6.45, 7) is 2.01. The van der Waals surface area contributed by atoms with Crippen LogP contribution in [0.4, 0.5) is 0 Å². The zero-order valence-electron chi connectivity index (χ0n) is 17.8. The van der Waals surface area contributed by atoms with E-state index in [0.29, 0.717) is 17.1 Å². The fourth-order valence-corrected chi connectivity index (χ4v) is 3.82. The number of rotatable bonds is 8. The van der Waals surface area contributed by atoms with E-state index in [1.54, 1.807) is 30.7 Å². The number of nitrogens with zero attached hydrogens (tertiary/aromatic N) is 1. The lowest BCUT2D eigenvalue weighted by molar-refractivity contribution is -0.141. The van der Waals surface area contributed by atoms with E-state index in [0.717, 1.165) is 16.1 Å². The number of methoxy groups -OCH3 is 3. The third kappa shape index (κ3) is 5.40. The molecule has 1 atom stereocenters. The van der Waals surface area contributed by atoms with Crippen LogP contribution in [0.1, 0.15) is 34.1 Å². The van der Waals surface area contributed by atoms with Crippen LogP contribution >= 0.6 is 11.3 Å². The van der Waals surface area contributed by atoms with E-state index in [9.17, 15) is 9.59 Å². The topological polar surface area (TPSA) is 86.8 Å². The molecule has 7 nitrogen and oxygen atoms in total. The highest BCUT2D eigenvalue weighted by atomic mass is 32.1. The van der Waals surface area contributed by atoms with E-state index in [-0.39, 0.29) is 18.0 Å². The number of carbonyl (C=O) groups excluding carboxylic acids is 2. The van der Waals surface area contributed by atoms with E-state index in [2.05, 4.69) is 10.3 Å². The first-order valence-corrected chi connectivity index (χ1v) is 10.4. The van der Waals surface area contributed by atoms with Crippen molar-refractivity contribution < 1.29 is 23.8 Å². The van der Waals surface area contributed by atoms with Gasteiger partial charge in [0.1, 0.15) is 10.7 Å². The van der Waals surface area contributed by atoms with Gasteiger partial charge in [-0.2, -0.15) is 0 Å². The molecule has 0 bridgehead atoms. The molecule has 162 valence electrons. The van der Waals surface area contributed by atoms with Gasteiger partial charge in [-0.3, -0.25) is 9.59 Å². The van der Waals surface area contributed by atoms with E-state index < -0.39 is 12.0 Å². The summed E-state index contributed by atoms with van der Waals surface area (Å²) in [5, 5.41) is 5.34. The van der Waals surface area contributed by atoms with Gasteiger partial charge in [-0.15, -0.1) is 11.3 Å². The molecule has 0 fully saturated rings. The quantitative estimate of drug-likeness (QED) is 0.529. The lowest BCUT2D eigenvalue weighted by atomic mass is 10.0. The molecule has 1 unspecified atom stereocenters. The molecule has 3 aromatic rings. The number of benzene rings is 2. The van der Waals surface area contributed by atoms with Gasteiger partial charge < -0.3 is 19.5 Å². The largest absolute Gasteiger partial charge is 0.493 e. The number of esters is 1. The van der Waals surface area contributed by atoms with Crippen LogP contribution in [0.3, 0.4) is 0 Å². The summed E-state index contributed by atoms with van der Waals surface area (Å²) in [4.78, 5) is 29.3. The number of hydrogen-bond acceptors (Lipinski definition) is 7. The Morgan fingerprint density at radius 3 is 2.39 bits per heavy atom. The highest BCUT2D eigenvalue weighted by Gasteiger charge is 2.22. The SMILES string of the molecule is COC(=O)CC(NC(=O)c1csc(-c2ccc(C)cc2)n1)c1ccc(OC)c(OC)c1. The maximum Gasteiger partial charge on any atom is 0.307 e.